The summed E-state index contributed by atoms with van der Waals surface area (Å²) in [4.78, 5) is 4.19. The first-order valence-corrected chi connectivity index (χ1v) is 4.07. The highest BCUT2D eigenvalue weighted by molar-refractivity contribution is 5.26. The maximum absolute atomic E-state index is 9.66. The normalized spacial score (nSPS) is 11.8. The molecule has 0 saturated carbocycles. The van der Waals surface area contributed by atoms with Gasteiger partial charge in [0, 0.05) is 17.5 Å². The fraction of sp³-hybridized carbons (Fsp3) is 0.500. The van der Waals surface area contributed by atoms with E-state index in [1.165, 1.54) is 0 Å². The number of pyridine rings is 1. The van der Waals surface area contributed by atoms with Gasteiger partial charge in [-0.1, -0.05) is 0 Å². The average Bonchev–Trinajstić information content (AvgIpc) is 1.92. The Morgan fingerprint density at radius 3 is 2.33 bits per heavy atom. The third-order valence-corrected chi connectivity index (χ3v) is 2.05. The second kappa shape index (κ2) is 2.87. The molecule has 0 atom stereocenters. The molecule has 1 aromatic heterocycles. The summed E-state index contributed by atoms with van der Waals surface area (Å²) in [6.45, 7) is 7.48. The molecule has 0 aliphatic heterocycles. The Hall–Kier alpha value is -0.890. The van der Waals surface area contributed by atoms with Gasteiger partial charge in [0.1, 0.15) is 0 Å². The molecule has 0 aromatic carbocycles. The molecule has 0 saturated heterocycles. The van der Waals surface area contributed by atoms with Crippen molar-refractivity contribution in [2.24, 2.45) is 0 Å². The first-order valence-electron chi connectivity index (χ1n) is 4.07. The average molecular weight is 165 g/mol. The summed E-state index contributed by atoms with van der Waals surface area (Å²) >= 11 is 0. The highest BCUT2D eigenvalue weighted by atomic mass is 16.3. The van der Waals surface area contributed by atoms with Gasteiger partial charge in [0.05, 0.1) is 5.60 Å². The van der Waals surface area contributed by atoms with Crippen molar-refractivity contribution in [3.63, 3.8) is 0 Å². The Balaban J connectivity index is 3.14. The van der Waals surface area contributed by atoms with Crippen LogP contribution in [0.2, 0.25) is 0 Å². The maximum Gasteiger partial charge on any atom is 0.0855 e. The van der Waals surface area contributed by atoms with Crippen molar-refractivity contribution in [3.8, 4) is 0 Å². The molecule has 1 N–H and O–H groups in total. The van der Waals surface area contributed by atoms with E-state index in [1.807, 2.05) is 19.9 Å². The summed E-state index contributed by atoms with van der Waals surface area (Å²) in [5.41, 5.74) is 2.22. The molecule has 0 aliphatic rings. The molecule has 2 nitrogen and oxygen atoms in total. The van der Waals surface area contributed by atoms with Crippen LogP contribution < -0.4 is 0 Å². The van der Waals surface area contributed by atoms with Crippen LogP contribution in [0.5, 0.6) is 0 Å². The summed E-state index contributed by atoms with van der Waals surface area (Å²) in [6.07, 6.45) is 1.72. The smallest absolute Gasteiger partial charge is 0.0855 e. The number of hydrogen-bond donors (Lipinski definition) is 1. The highest BCUT2D eigenvalue weighted by Crippen LogP contribution is 2.20. The lowest BCUT2D eigenvalue weighted by Gasteiger charge is -2.17. The predicted octanol–water partition coefficient (Wildman–Crippen LogP) is 1.93. The SMILES string of the molecule is Cc1cc(C(C)(C)O)cnc1C. The zero-order valence-corrected chi connectivity index (χ0v) is 8.05. The van der Waals surface area contributed by atoms with Crippen LogP contribution in [0.15, 0.2) is 12.3 Å². The Labute approximate surface area is 73.3 Å². The number of aryl methyl sites for hydroxylation is 2. The zero-order valence-electron chi connectivity index (χ0n) is 8.05. The molecule has 0 unspecified atom stereocenters. The van der Waals surface area contributed by atoms with Gasteiger partial charge in [-0.2, -0.15) is 0 Å². The fourth-order valence-corrected chi connectivity index (χ4v) is 0.978. The molecule has 0 bridgehead atoms. The van der Waals surface area contributed by atoms with Gasteiger partial charge >= 0.3 is 0 Å². The molecular formula is C10H15NO. The Kier molecular flexibility index (Phi) is 2.20. The van der Waals surface area contributed by atoms with Crippen LogP contribution in [0, 0.1) is 13.8 Å². The predicted molar refractivity (Wildman–Crippen MR) is 49.0 cm³/mol. The van der Waals surface area contributed by atoms with Crippen molar-refractivity contribution in [1.29, 1.82) is 0 Å². The van der Waals surface area contributed by atoms with E-state index in [9.17, 15) is 5.11 Å². The van der Waals surface area contributed by atoms with Crippen LogP contribution >= 0.6 is 0 Å². The number of nitrogens with zero attached hydrogens (tertiary/aromatic N) is 1. The lowest BCUT2D eigenvalue weighted by molar-refractivity contribution is 0.0781. The van der Waals surface area contributed by atoms with Gasteiger partial charge in [0.15, 0.2) is 0 Å². The quantitative estimate of drug-likeness (QED) is 0.689. The first kappa shape index (κ1) is 9.20. The van der Waals surface area contributed by atoms with Gasteiger partial charge in [-0.3, -0.25) is 4.98 Å². The van der Waals surface area contributed by atoms with Gasteiger partial charge in [-0.25, -0.2) is 0 Å². The molecule has 1 rings (SSSR count). The van der Waals surface area contributed by atoms with Gasteiger partial charge < -0.3 is 5.11 Å². The summed E-state index contributed by atoms with van der Waals surface area (Å²) in [6, 6.07) is 1.97. The fourth-order valence-electron chi connectivity index (χ4n) is 0.978. The molecule has 2 heteroatoms. The van der Waals surface area contributed by atoms with Crippen LogP contribution in [0.1, 0.15) is 30.7 Å². The zero-order chi connectivity index (χ0) is 9.35. The lowest BCUT2D eigenvalue weighted by atomic mass is 9.98. The molecular weight excluding hydrogens is 150 g/mol. The monoisotopic (exact) mass is 165 g/mol. The van der Waals surface area contributed by atoms with E-state index in [-0.39, 0.29) is 0 Å². The van der Waals surface area contributed by atoms with Crippen LogP contribution in [-0.2, 0) is 5.60 Å². The van der Waals surface area contributed by atoms with Crippen molar-refractivity contribution < 1.29 is 5.11 Å². The Morgan fingerprint density at radius 2 is 1.92 bits per heavy atom. The van der Waals surface area contributed by atoms with E-state index < -0.39 is 5.60 Å². The summed E-state index contributed by atoms with van der Waals surface area (Å²) in [5.74, 6) is 0. The van der Waals surface area contributed by atoms with Gasteiger partial charge in [-0.15, -0.1) is 0 Å². The molecule has 0 fully saturated rings. The van der Waals surface area contributed by atoms with Crippen molar-refractivity contribution in [3.05, 3.63) is 29.1 Å². The van der Waals surface area contributed by atoms with E-state index in [0.29, 0.717) is 0 Å². The Bertz CT molecular complexity index is 286. The lowest BCUT2D eigenvalue weighted by Crippen LogP contribution is -2.16. The van der Waals surface area contributed by atoms with Gasteiger partial charge in [-0.05, 0) is 39.3 Å². The largest absolute Gasteiger partial charge is 0.386 e. The van der Waals surface area contributed by atoms with E-state index in [1.54, 1.807) is 20.0 Å². The number of hydrogen-bond acceptors (Lipinski definition) is 2. The molecule has 0 radical (unpaired) electrons. The standard InChI is InChI=1S/C10H15NO/c1-7-5-9(10(3,4)12)6-11-8(7)2/h5-6,12H,1-4H3. The van der Waals surface area contributed by atoms with Crippen LogP contribution in [0.3, 0.4) is 0 Å². The molecule has 1 aromatic rings. The molecule has 1 heterocycles. The third-order valence-electron chi connectivity index (χ3n) is 2.05. The minimum Gasteiger partial charge on any atom is -0.386 e. The van der Waals surface area contributed by atoms with E-state index in [4.69, 9.17) is 0 Å². The minimum absolute atomic E-state index is 0.786. The topological polar surface area (TPSA) is 33.1 Å². The maximum atomic E-state index is 9.66. The third kappa shape index (κ3) is 1.83. The first-order chi connectivity index (χ1) is 5.41. The van der Waals surface area contributed by atoms with E-state index in [0.717, 1.165) is 16.8 Å². The number of rotatable bonds is 1. The second-order valence-corrected chi connectivity index (χ2v) is 3.69. The van der Waals surface area contributed by atoms with Gasteiger partial charge in [0.2, 0.25) is 0 Å². The molecule has 66 valence electrons. The number of aromatic nitrogens is 1. The van der Waals surface area contributed by atoms with Crippen LogP contribution in [-0.4, -0.2) is 10.1 Å². The molecule has 0 aliphatic carbocycles. The van der Waals surface area contributed by atoms with Crippen molar-refractivity contribution >= 4 is 0 Å². The minimum atomic E-state index is -0.786. The highest BCUT2D eigenvalue weighted by Gasteiger charge is 2.16. The second-order valence-electron chi connectivity index (χ2n) is 3.69. The number of aliphatic hydroxyl groups is 1. The van der Waals surface area contributed by atoms with Crippen molar-refractivity contribution in [2.75, 3.05) is 0 Å². The molecule has 12 heavy (non-hydrogen) atoms. The molecule has 0 spiro atoms. The van der Waals surface area contributed by atoms with Crippen LogP contribution in [0.4, 0.5) is 0 Å². The summed E-state index contributed by atoms with van der Waals surface area (Å²) in [5, 5.41) is 9.66. The molecule has 0 amide bonds. The van der Waals surface area contributed by atoms with E-state index in [2.05, 4.69) is 4.98 Å². The van der Waals surface area contributed by atoms with Crippen molar-refractivity contribution in [1.82, 2.24) is 4.98 Å². The van der Waals surface area contributed by atoms with E-state index >= 15 is 0 Å². The summed E-state index contributed by atoms with van der Waals surface area (Å²) < 4.78 is 0. The summed E-state index contributed by atoms with van der Waals surface area (Å²) in [7, 11) is 0. The Morgan fingerprint density at radius 1 is 1.33 bits per heavy atom. The van der Waals surface area contributed by atoms with Gasteiger partial charge in [0.25, 0.3) is 0 Å². The van der Waals surface area contributed by atoms with Crippen LogP contribution in [0.25, 0.3) is 0 Å². The van der Waals surface area contributed by atoms with Crippen molar-refractivity contribution in [2.45, 2.75) is 33.3 Å².